The van der Waals surface area contributed by atoms with Crippen molar-refractivity contribution in [1.29, 1.82) is 0 Å². The highest BCUT2D eigenvalue weighted by Gasteiger charge is 2.07. The Morgan fingerprint density at radius 2 is 2.09 bits per heavy atom. The van der Waals surface area contributed by atoms with Crippen LogP contribution in [0.1, 0.15) is 18.3 Å². The number of halogens is 2. The smallest absolute Gasteiger partial charge is 0.253 e. The van der Waals surface area contributed by atoms with Gasteiger partial charge in [-0.3, -0.25) is 9.36 Å². The lowest BCUT2D eigenvalue weighted by Crippen LogP contribution is -2.21. The molecule has 0 aliphatic rings. The second-order valence-corrected chi connectivity index (χ2v) is 5.36. The van der Waals surface area contributed by atoms with Crippen molar-refractivity contribution >= 4 is 11.6 Å². The molecular weight excluding hydrogens is 321 g/mol. The van der Waals surface area contributed by atoms with Crippen LogP contribution in [-0.4, -0.2) is 24.5 Å². The third-order valence-corrected chi connectivity index (χ3v) is 3.63. The normalized spacial score (nSPS) is 10.9. The van der Waals surface area contributed by atoms with Gasteiger partial charge in [0.1, 0.15) is 11.5 Å². The average Bonchev–Trinajstić information content (AvgIpc) is 3.00. The SMILES string of the molecule is CCc1cc(=O)n(Cc2cn(-c3ccc(F)c(Cl)c3)nn2)cn1. The number of aryl methyl sites for hydroxylation is 1. The van der Waals surface area contributed by atoms with E-state index in [1.165, 1.54) is 33.8 Å². The van der Waals surface area contributed by atoms with Gasteiger partial charge in [0.15, 0.2) is 0 Å². The summed E-state index contributed by atoms with van der Waals surface area (Å²) in [6, 6.07) is 5.77. The molecule has 118 valence electrons. The summed E-state index contributed by atoms with van der Waals surface area (Å²) in [5.41, 5.74) is 1.77. The summed E-state index contributed by atoms with van der Waals surface area (Å²) in [5, 5.41) is 7.99. The molecule has 0 radical (unpaired) electrons. The molecule has 2 heterocycles. The van der Waals surface area contributed by atoms with Crippen LogP contribution in [0.4, 0.5) is 4.39 Å². The minimum Gasteiger partial charge on any atom is -0.293 e. The largest absolute Gasteiger partial charge is 0.293 e. The third-order valence-electron chi connectivity index (χ3n) is 3.34. The standard InChI is InChI=1S/C15H13ClFN5O/c1-2-10-5-15(23)21(9-18-10)7-11-8-22(20-19-11)12-3-4-14(17)13(16)6-12/h3-6,8-9H,2,7H2,1H3. The van der Waals surface area contributed by atoms with Crippen LogP contribution in [0, 0.1) is 5.82 Å². The predicted molar refractivity (Wildman–Crippen MR) is 83.3 cm³/mol. The monoisotopic (exact) mass is 333 g/mol. The van der Waals surface area contributed by atoms with E-state index in [4.69, 9.17) is 11.6 Å². The van der Waals surface area contributed by atoms with Crippen LogP contribution in [0.15, 0.2) is 41.6 Å². The zero-order valence-electron chi connectivity index (χ0n) is 12.3. The Morgan fingerprint density at radius 1 is 1.26 bits per heavy atom. The van der Waals surface area contributed by atoms with Crippen molar-refractivity contribution in [3.05, 3.63) is 69.4 Å². The maximum atomic E-state index is 13.2. The van der Waals surface area contributed by atoms with E-state index in [2.05, 4.69) is 15.3 Å². The van der Waals surface area contributed by atoms with Gasteiger partial charge in [-0.05, 0) is 24.6 Å². The zero-order chi connectivity index (χ0) is 16.4. The van der Waals surface area contributed by atoms with Crippen LogP contribution in [0.25, 0.3) is 5.69 Å². The molecule has 0 aliphatic carbocycles. The average molecular weight is 334 g/mol. The van der Waals surface area contributed by atoms with Crippen LogP contribution in [-0.2, 0) is 13.0 Å². The molecule has 0 atom stereocenters. The minimum absolute atomic E-state index is 0.00937. The van der Waals surface area contributed by atoms with Crippen LogP contribution < -0.4 is 5.56 Å². The van der Waals surface area contributed by atoms with Gasteiger partial charge in [-0.2, -0.15) is 0 Å². The fourth-order valence-corrected chi connectivity index (χ4v) is 2.25. The Bertz CT molecular complexity index is 905. The molecule has 8 heteroatoms. The number of benzene rings is 1. The highest BCUT2D eigenvalue weighted by Crippen LogP contribution is 2.18. The van der Waals surface area contributed by atoms with Crippen molar-refractivity contribution in [2.75, 3.05) is 0 Å². The van der Waals surface area contributed by atoms with Gasteiger partial charge in [-0.15, -0.1) is 5.10 Å². The zero-order valence-corrected chi connectivity index (χ0v) is 13.0. The molecule has 23 heavy (non-hydrogen) atoms. The summed E-state index contributed by atoms with van der Waals surface area (Å²) >= 11 is 5.76. The highest BCUT2D eigenvalue weighted by molar-refractivity contribution is 6.30. The summed E-state index contributed by atoms with van der Waals surface area (Å²) in [6.07, 6.45) is 3.86. The van der Waals surface area contributed by atoms with Gasteiger partial charge in [0.2, 0.25) is 0 Å². The van der Waals surface area contributed by atoms with E-state index in [-0.39, 0.29) is 17.1 Å². The quantitative estimate of drug-likeness (QED) is 0.734. The first kappa shape index (κ1) is 15.4. The second kappa shape index (κ2) is 6.29. The van der Waals surface area contributed by atoms with Crippen LogP contribution in [0.3, 0.4) is 0 Å². The van der Waals surface area contributed by atoms with Gasteiger partial charge in [-0.25, -0.2) is 14.1 Å². The molecular formula is C15H13ClFN5O. The van der Waals surface area contributed by atoms with Gasteiger partial charge >= 0.3 is 0 Å². The lowest BCUT2D eigenvalue weighted by molar-refractivity contribution is 0.627. The first-order valence-electron chi connectivity index (χ1n) is 6.99. The first-order chi connectivity index (χ1) is 11.1. The number of nitrogens with zero attached hydrogens (tertiary/aromatic N) is 5. The molecule has 6 nitrogen and oxygen atoms in total. The number of aromatic nitrogens is 5. The van der Waals surface area contributed by atoms with Crippen molar-refractivity contribution in [3.63, 3.8) is 0 Å². The summed E-state index contributed by atoms with van der Waals surface area (Å²) in [6.45, 7) is 2.19. The maximum Gasteiger partial charge on any atom is 0.253 e. The van der Waals surface area contributed by atoms with Crippen molar-refractivity contribution in [1.82, 2.24) is 24.5 Å². The Kier molecular flexibility index (Phi) is 4.20. The van der Waals surface area contributed by atoms with E-state index in [9.17, 15) is 9.18 Å². The molecule has 0 fully saturated rings. The minimum atomic E-state index is -0.496. The third kappa shape index (κ3) is 3.29. The van der Waals surface area contributed by atoms with Gasteiger partial charge in [0, 0.05) is 11.8 Å². The van der Waals surface area contributed by atoms with Crippen molar-refractivity contribution < 1.29 is 4.39 Å². The van der Waals surface area contributed by atoms with Gasteiger partial charge in [0.05, 0.1) is 29.8 Å². The van der Waals surface area contributed by atoms with Gasteiger partial charge in [-0.1, -0.05) is 23.7 Å². The summed E-state index contributed by atoms with van der Waals surface area (Å²) in [5.74, 6) is -0.496. The molecule has 0 bridgehead atoms. The molecule has 0 saturated carbocycles. The van der Waals surface area contributed by atoms with Crippen LogP contribution in [0.5, 0.6) is 0 Å². The van der Waals surface area contributed by atoms with Gasteiger partial charge in [0.25, 0.3) is 5.56 Å². The second-order valence-electron chi connectivity index (χ2n) is 4.95. The lowest BCUT2D eigenvalue weighted by atomic mass is 10.3. The topological polar surface area (TPSA) is 65.6 Å². The summed E-state index contributed by atoms with van der Waals surface area (Å²) in [4.78, 5) is 16.2. The maximum absolute atomic E-state index is 13.2. The van der Waals surface area contributed by atoms with E-state index in [0.717, 1.165) is 5.69 Å². The molecule has 3 rings (SSSR count). The fourth-order valence-electron chi connectivity index (χ4n) is 2.07. The summed E-state index contributed by atoms with van der Waals surface area (Å²) < 4.78 is 16.1. The number of rotatable bonds is 4. The Morgan fingerprint density at radius 3 is 2.78 bits per heavy atom. The highest BCUT2D eigenvalue weighted by atomic mass is 35.5. The first-order valence-corrected chi connectivity index (χ1v) is 7.36. The molecule has 0 aliphatic heterocycles. The predicted octanol–water partition coefficient (Wildman–Crippen LogP) is 2.23. The van der Waals surface area contributed by atoms with Crippen molar-refractivity contribution in [2.24, 2.45) is 0 Å². The molecule has 0 unspecified atom stereocenters. The molecule has 0 saturated heterocycles. The molecule has 3 aromatic rings. The van der Waals surface area contributed by atoms with E-state index < -0.39 is 5.82 Å². The van der Waals surface area contributed by atoms with Crippen molar-refractivity contribution in [3.8, 4) is 5.69 Å². The fraction of sp³-hybridized carbons (Fsp3) is 0.200. The number of hydrogen-bond donors (Lipinski definition) is 0. The molecule has 2 aromatic heterocycles. The molecule has 0 amide bonds. The molecule has 0 N–H and O–H groups in total. The van der Waals surface area contributed by atoms with E-state index in [1.807, 2.05) is 6.92 Å². The van der Waals surface area contributed by atoms with Crippen LogP contribution >= 0.6 is 11.6 Å². The van der Waals surface area contributed by atoms with E-state index >= 15 is 0 Å². The Labute approximate surface area is 136 Å². The summed E-state index contributed by atoms with van der Waals surface area (Å²) in [7, 11) is 0. The van der Waals surface area contributed by atoms with E-state index in [1.54, 1.807) is 12.3 Å². The van der Waals surface area contributed by atoms with Crippen LogP contribution in [0.2, 0.25) is 5.02 Å². The Balaban J connectivity index is 1.85. The number of hydrogen-bond acceptors (Lipinski definition) is 4. The van der Waals surface area contributed by atoms with E-state index in [0.29, 0.717) is 17.8 Å². The van der Waals surface area contributed by atoms with Crippen molar-refractivity contribution in [2.45, 2.75) is 19.9 Å². The Hall–Kier alpha value is -2.54. The lowest BCUT2D eigenvalue weighted by Gasteiger charge is -2.03. The molecule has 0 spiro atoms. The molecule has 1 aromatic carbocycles. The van der Waals surface area contributed by atoms with Gasteiger partial charge < -0.3 is 0 Å².